The highest BCUT2D eigenvalue weighted by atomic mass is 19.4. The van der Waals surface area contributed by atoms with Crippen LogP contribution in [0, 0.1) is 11.7 Å². The van der Waals surface area contributed by atoms with Gasteiger partial charge in [0.2, 0.25) is 0 Å². The van der Waals surface area contributed by atoms with Crippen LogP contribution in [0.2, 0.25) is 0 Å². The molecule has 0 bridgehead atoms. The molecule has 6 heteroatoms. The van der Waals surface area contributed by atoms with Gasteiger partial charge in [-0.1, -0.05) is 12.8 Å². The van der Waals surface area contributed by atoms with Gasteiger partial charge in [-0.15, -0.1) is 0 Å². The molecule has 0 spiro atoms. The zero-order chi connectivity index (χ0) is 14.5. The minimum atomic E-state index is -4.65. The van der Waals surface area contributed by atoms with E-state index < -0.39 is 17.6 Å². The topological polar surface area (TPSA) is 52.0 Å². The number of nitrogens with two attached hydrogens (primary N) is 2. The molecule has 0 atom stereocenters. The minimum absolute atomic E-state index is 0.0273. The van der Waals surface area contributed by atoms with Gasteiger partial charge in [0.15, 0.2) is 0 Å². The fraction of sp³-hybridized carbons (Fsp3) is 0.538. The third-order valence-corrected chi connectivity index (χ3v) is 3.11. The van der Waals surface area contributed by atoms with E-state index in [0.717, 1.165) is 18.5 Å². The maximum absolute atomic E-state index is 12.5. The van der Waals surface area contributed by atoms with Crippen molar-refractivity contribution < 1.29 is 17.6 Å². The summed E-state index contributed by atoms with van der Waals surface area (Å²) < 4.78 is 48.2. The first kappa shape index (κ1) is 15.8. The van der Waals surface area contributed by atoms with Crippen molar-refractivity contribution in [3.05, 3.63) is 29.6 Å². The molecule has 19 heavy (non-hydrogen) atoms. The Morgan fingerprint density at radius 1 is 1.16 bits per heavy atom. The van der Waals surface area contributed by atoms with Gasteiger partial charge in [0.1, 0.15) is 5.82 Å². The van der Waals surface area contributed by atoms with E-state index in [-0.39, 0.29) is 5.69 Å². The predicted octanol–water partition coefficient (Wildman–Crippen LogP) is 3.56. The van der Waals surface area contributed by atoms with Crippen LogP contribution < -0.4 is 11.5 Å². The molecule has 0 saturated heterocycles. The van der Waals surface area contributed by atoms with Crippen LogP contribution in [0.5, 0.6) is 0 Å². The van der Waals surface area contributed by atoms with Gasteiger partial charge in [0.25, 0.3) is 0 Å². The Morgan fingerprint density at radius 2 is 1.74 bits per heavy atom. The van der Waals surface area contributed by atoms with Crippen LogP contribution >= 0.6 is 0 Å². The SMILES string of the molecule is NCC1CCCC1.Nc1ccc(C(F)(F)F)c(F)c1. The normalized spacial score (nSPS) is 16.1. The number of hydrogen-bond donors (Lipinski definition) is 2. The van der Waals surface area contributed by atoms with Crippen LogP contribution in [0.4, 0.5) is 23.2 Å². The highest BCUT2D eigenvalue weighted by Gasteiger charge is 2.33. The summed E-state index contributed by atoms with van der Waals surface area (Å²) in [6.45, 7) is 0.917. The van der Waals surface area contributed by atoms with Gasteiger partial charge in [0.05, 0.1) is 5.56 Å². The van der Waals surface area contributed by atoms with Gasteiger partial charge >= 0.3 is 6.18 Å². The first-order valence-corrected chi connectivity index (χ1v) is 6.17. The van der Waals surface area contributed by atoms with E-state index in [2.05, 4.69) is 0 Å². The van der Waals surface area contributed by atoms with Crippen LogP contribution in [0.25, 0.3) is 0 Å². The number of nitrogen functional groups attached to an aromatic ring is 1. The van der Waals surface area contributed by atoms with Gasteiger partial charge in [-0.05, 0) is 43.5 Å². The summed E-state index contributed by atoms with van der Waals surface area (Å²) in [5.74, 6) is -0.470. The highest BCUT2D eigenvalue weighted by Crippen LogP contribution is 2.31. The summed E-state index contributed by atoms with van der Waals surface area (Å²) in [7, 11) is 0. The Balaban J connectivity index is 0.000000218. The molecule has 0 amide bonds. The Hall–Kier alpha value is -1.30. The highest BCUT2D eigenvalue weighted by molar-refractivity contribution is 5.41. The molecule has 1 aliphatic rings. The molecule has 0 heterocycles. The molecule has 1 aromatic rings. The summed E-state index contributed by atoms with van der Waals surface area (Å²) in [6, 6.07) is 2.26. The quantitative estimate of drug-likeness (QED) is 0.609. The van der Waals surface area contributed by atoms with Gasteiger partial charge < -0.3 is 11.5 Å². The monoisotopic (exact) mass is 278 g/mol. The average molecular weight is 278 g/mol. The van der Waals surface area contributed by atoms with E-state index in [1.807, 2.05) is 0 Å². The first-order chi connectivity index (χ1) is 8.84. The Bertz CT molecular complexity index is 398. The Morgan fingerprint density at radius 3 is 2.11 bits per heavy atom. The van der Waals surface area contributed by atoms with Gasteiger partial charge in [-0.2, -0.15) is 13.2 Å². The number of hydrogen-bond acceptors (Lipinski definition) is 2. The van der Waals surface area contributed by atoms with E-state index >= 15 is 0 Å². The molecule has 0 aliphatic heterocycles. The Labute approximate surface area is 109 Å². The largest absolute Gasteiger partial charge is 0.419 e. The number of rotatable bonds is 1. The minimum Gasteiger partial charge on any atom is -0.399 e. The fourth-order valence-electron chi connectivity index (χ4n) is 2.01. The van der Waals surface area contributed by atoms with Gasteiger partial charge in [0, 0.05) is 5.69 Å². The van der Waals surface area contributed by atoms with Gasteiger partial charge in [-0.25, -0.2) is 4.39 Å². The standard InChI is InChI=1S/C7H5F4N.C6H13N/c8-6-3-4(12)1-2-5(6)7(9,10)11;7-5-6-3-1-2-4-6/h1-3H,12H2;6H,1-5,7H2. The summed E-state index contributed by atoms with van der Waals surface area (Å²) in [4.78, 5) is 0. The molecular formula is C13H18F4N2. The predicted molar refractivity (Wildman–Crippen MR) is 66.8 cm³/mol. The van der Waals surface area contributed by atoms with Crippen molar-refractivity contribution in [2.75, 3.05) is 12.3 Å². The van der Waals surface area contributed by atoms with E-state index in [1.54, 1.807) is 0 Å². The van der Waals surface area contributed by atoms with Crippen LogP contribution in [0.15, 0.2) is 18.2 Å². The fourth-order valence-corrected chi connectivity index (χ4v) is 2.01. The molecule has 1 aromatic carbocycles. The van der Waals surface area contributed by atoms with Crippen LogP contribution in [-0.4, -0.2) is 6.54 Å². The van der Waals surface area contributed by atoms with Crippen molar-refractivity contribution >= 4 is 5.69 Å². The summed E-state index contributed by atoms with van der Waals surface area (Å²) >= 11 is 0. The van der Waals surface area contributed by atoms with Crippen LogP contribution in [-0.2, 0) is 6.18 Å². The van der Waals surface area contributed by atoms with Gasteiger partial charge in [-0.3, -0.25) is 0 Å². The zero-order valence-corrected chi connectivity index (χ0v) is 10.5. The molecule has 2 rings (SSSR count). The van der Waals surface area contributed by atoms with E-state index in [0.29, 0.717) is 12.1 Å². The summed E-state index contributed by atoms with van der Waals surface area (Å²) in [5.41, 5.74) is 9.18. The maximum atomic E-state index is 12.5. The van der Waals surface area contributed by atoms with Crippen molar-refractivity contribution in [3.63, 3.8) is 0 Å². The molecular weight excluding hydrogens is 260 g/mol. The molecule has 0 aromatic heterocycles. The van der Waals surface area contributed by atoms with Crippen molar-refractivity contribution in [1.29, 1.82) is 0 Å². The van der Waals surface area contributed by atoms with Crippen molar-refractivity contribution in [3.8, 4) is 0 Å². The first-order valence-electron chi connectivity index (χ1n) is 6.17. The number of benzene rings is 1. The second-order valence-electron chi connectivity index (χ2n) is 4.62. The second-order valence-corrected chi connectivity index (χ2v) is 4.62. The van der Waals surface area contributed by atoms with Crippen LogP contribution in [0.1, 0.15) is 31.2 Å². The molecule has 0 radical (unpaired) electrons. The lowest BCUT2D eigenvalue weighted by Gasteiger charge is -2.07. The van der Waals surface area contributed by atoms with Crippen molar-refractivity contribution in [2.45, 2.75) is 31.9 Å². The summed E-state index contributed by atoms with van der Waals surface area (Å²) in [6.07, 6.45) is 0.953. The van der Waals surface area contributed by atoms with Crippen molar-refractivity contribution in [1.82, 2.24) is 0 Å². The molecule has 108 valence electrons. The maximum Gasteiger partial charge on any atom is 0.419 e. The lowest BCUT2D eigenvalue weighted by Crippen LogP contribution is -2.09. The Kier molecular flexibility index (Phi) is 5.60. The molecule has 1 aliphatic carbocycles. The lowest BCUT2D eigenvalue weighted by atomic mass is 10.1. The van der Waals surface area contributed by atoms with Crippen molar-refractivity contribution in [2.24, 2.45) is 11.7 Å². The van der Waals surface area contributed by atoms with Crippen LogP contribution in [0.3, 0.4) is 0 Å². The molecule has 2 nitrogen and oxygen atoms in total. The third kappa shape index (κ3) is 5.06. The number of anilines is 1. The number of halogens is 4. The smallest absolute Gasteiger partial charge is 0.399 e. The van der Waals surface area contributed by atoms with E-state index in [1.165, 1.54) is 25.7 Å². The third-order valence-electron chi connectivity index (χ3n) is 3.11. The summed E-state index contributed by atoms with van der Waals surface area (Å²) in [5, 5.41) is 0. The van der Waals surface area contributed by atoms with E-state index in [9.17, 15) is 17.6 Å². The lowest BCUT2D eigenvalue weighted by molar-refractivity contribution is -0.139. The molecule has 1 saturated carbocycles. The molecule has 0 unspecified atom stereocenters. The molecule has 4 N–H and O–H groups in total. The van der Waals surface area contributed by atoms with E-state index in [4.69, 9.17) is 11.5 Å². The second kappa shape index (κ2) is 6.75. The molecule has 1 fully saturated rings. The average Bonchev–Trinajstić information content (AvgIpc) is 2.80. The number of alkyl halides is 3. The zero-order valence-electron chi connectivity index (χ0n) is 10.5.